The van der Waals surface area contributed by atoms with Crippen LogP contribution in [0.4, 0.5) is 5.82 Å². The van der Waals surface area contributed by atoms with Crippen LogP contribution in [0.25, 0.3) is 16.9 Å². The molecular weight excluding hydrogens is 548 g/mol. The second-order valence-corrected chi connectivity index (χ2v) is 11.3. The van der Waals surface area contributed by atoms with Gasteiger partial charge in [-0.25, -0.2) is 14.8 Å². The standard InChI is InChI=1S/C31H32N8O4/c1-31(2,36-21-17-42-18-21)14-20(15-32)29(40)37-13-12-23(37)16-38-28-26(27(33)34-19-35-28)39(30(38)41)22-8-10-25(11-9-22)43-24-6-4-3-5-7-24/h3-11,14,19,21,23,36H,12-13,16-18H2,1-2H3,(H2,33,34,35)/b20-14-/t23-/m0/s1. The van der Waals surface area contributed by atoms with Crippen LogP contribution in [0.2, 0.25) is 0 Å². The summed E-state index contributed by atoms with van der Waals surface area (Å²) in [4.78, 5) is 37.4. The van der Waals surface area contributed by atoms with Gasteiger partial charge in [0.05, 0.1) is 31.0 Å². The van der Waals surface area contributed by atoms with Crippen molar-refractivity contribution >= 4 is 22.9 Å². The number of aromatic nitrogens is 4. The molecule has 0 bridgehead atoms. The molecule has 2 aromatic heterocycles. The summed E-state index contributed by atoms with van der Waals surface area (Å²) in [5.74, 6) is 1.11. The summed E-state index contributed by atoms with van der Waals surface area (Å²) in [6.07, 6.45) is 3.66. The number of hydrogen-bond acceptors (Lipinski definition) is 9. The summed E-state index contributed by atoms with van der Waals surface area (Å²) in [6, 6.07) is 18.4. The van der Waals surface area contributed by atoms with Gasteiger partial charge >= 0.3 is 5.69 Å². The third-order valence-corrected chi connectivity index (χ3v) is 7.67. The zero-order valence-electron chi connectivity index (χ0n) is 23.9. The summed E-state index contributed by atoms with van der Waals surface area (Å²) in [5, 5.41) is 13.2. The van der Waals surface area contributed by atoms with Crippen LogP contribution >= 0.6 is 0 Å². The van der Waals surface area contributed by atoms with E-state index in [-0.39, 0.29) is 41.6 Å². The van der Waals surface area contributed by atoms with Crippen molar-refractivity contribution in [1.82, 2.24) is 29.3 Å². The number of imidazole rings is 1. The Bertz CT molecular complexity index is 1780. The molecule has 2 aromatic carbocycles. The number of anilines is 1. The third-order valence-electron chi connectivity index (χ3n) is 7.67. The number of amides is 1. The number of nitrogens with one attached hydrogen (secondary N) is 1. The molecule has 2 aliphatic heterocycles. The monoisotopic (exact) mass is 580 g/mol. The van der Waals surface area contributed by atoms with Gasteiger partial charge in [0.25, 0.3) is 5.91 Å². The highest BCUT2D eigenvalue weighted by Gasteiger charge is 2.36. The Morgan fingerprint density at radius 3 is 2.51 bits per heavy atom. The molecule has 0 radical (unpaired) electrons. The molecule has 0 saturated carbocycles. The van der Waals surface area contributed by atoms with E-state index >= 15 is 0 Å². The van der Waals surface area contributed by atoms with Crippen molar-refractivity contribution in [2.45, 2.75) is 44.4 Å². The Kier molecular flexibility index (Phi) is 7.43. The van der Waals surface area contributed by atoms with E-state index in [2.05, 4.69) is 21.4 Å². The maximum Gasteiger partial charge on any atom is 0.335 e. The summed E-state index contributed by atoms with van der Waals surface area (Å²) >= 11 is 0. The minimum atomic E-state index is -0.573. The highest BCUT2D eigenvalue weighted by atomic mass is 16.5. The van der Waals surface area contributed by atoms with Crippen molar-refractivity contribution < 1.29 is 14.3 Å². The molecule has 2 saturated heterocycles. The molecule has 0 aliphatic carbocycles. The molecule has 2 aliphatic rings. The molecule has 0 unspecified atom stereocenters. The number of nitrogens with zero attached hydrogens (tertiary/aromatic N) is 6. The average molecular weight is 581 g/mol. The van der Waals surface area contributed by atoms with Gasteiger partial charge in [-0.1, -0.05) is 18.2 Å². The van der Waals surface area contributed by atoms with Gasteiger partial charge in [0, 0.05) is 18.6 Å². The quantitative estimate of drug-likeness (QED) is 0.225. The zero-order chi connectivity index (χ0) is 30.1. The van der Waals surface area contributed by atoms with E-state index < -0.39 is 5.54 Å². The number of fused-ring (bicyclic) bond motifs is 1. The molecule has 43 heavy (non-hydrogen) atoms. The number of rotatable bonds is 9. The summed E-state index contributed by atoms with van der Waals surface area (Å²) in [6.45, 7) is 5.72. The summed E-state index contributed by atoms with van der Waals surface area (Å²) in [5.41, 5.74) is 6.70. The molecule has 6 rings (SSSR count). The van der Waals surface area contributed by atoms with E-state index in [0.717, 1.165) is 0 Å². The van der Waals surface area contributed by atoms with Crippen molar-refractivity contribution in [2.75, 3.05) is 25.5 Å². The second kappa shape index (κ2) is 11.4. The fraction of sp³-hybridized carbons (Fsp3) is 0.323. The first-order valence-electron chi connectivity index (χ1n) is 14.1. The lowest BCUT2D eigenvalue weighted by Crippen LogP contribution is -2.55. The number of hydrogen-bond donors (Lipinski definition) is 2. The number of carbonyl (C=O) groups excluding carboxylic acids is 1. The van der Waals surface area contributed by atoms with Crippen LogP contribution in [0.1, 0.15) is 20.3 Å². The Labute approximate surface area is 248 Å². The van der Waals surface area contributed by atoms with Gasteiger partial charge in [-0.15, -0.1) is 0 Å². The van der Waals surface area contributed by atoms with Crippen molar-refractivity contribution in [3.05, 3.63) is 83.1 Å². The highest BCUT2D eigenvalue weighted by molar-refractivity contribution is 5.98. The van der Waals surface area contributed by atoms with Crippen molar-refractivity contribution in [3.8, 4) is 23.3 Å². The van der Waals surface area contributed by atoms with E-state index in [1.807, 2.05) is 44.2 Å². The SMILES string of the molecule is CC(C)(/C=C(/C#N)C(=O)N1CC[C@H]1Cn1c(=O)n(-c2ccc(Oc3ccccc3)cc2)c2c(N)ncnc21)NC1COC1. The number of ether oxygens (including phenoxy) is 2. The maximum absolute atomic E-state index is 13.9. The summed E-state index contributed by atoms with van der Waals surface area (Å²) in [7, 11) is 0. The molecule has 12 heteroatoms. The molecule has 220 valence electrons. The largest absolute Gasteiger partial charge is 0.457 e. The van der Waals surface area contributed by atoms with E-state index in [1.54, 1.807) is 35.2 Å². The first-order valence-corrected chi connectivity index (χ1v) is 14.1. The lowest BCUT2D eigenvalue weighted by atomic mass is 9.96. The van der Waals surface area contributed by atoms with E-state index in [9.17, 15) is 14.9 Å². The van der Waals surface area contributed by atoms with Gasteiger partial charge in [0.1, 0.15) is 35.0 Å². The molecule has 0 spiro atoms. The smallest absolute Gasteiger partial charge is 0.335 e. The Morgan fingerprint density at radius 2 is 1.88 bits per heavy atom. The fourth-order valence-corrected chi connectivity index (χ4v) is 5.45. The van der Waals surface area contributed by atoms with Gasteiger partial charge < -0.3 is 25.4 Å². The van der Waals surface area contributed by atoms with E-state index in [1.165, 1.54) is 15.5 Å². The first-order chi connectivity index (χ1) is 20.7. The Balaban J connectivity index is 1.26. The van der Waals surface area contributed by atoms with Crippen molar-refractivity contribution in [3.63, 3.8) is 0 Å². The molecule has 4 heterocycles. The normalized spacial score (nSPS) is 17.3. The topological polar surface area (TPSA) is 153 Å². The van der Waals surface area contributed by atoms with Gasteiger partial charge in [0.15, 0.2) is 11.5 Å². The third kappa shape index (κ3) is 5.60. The number of nitrogen functional groups attached to an aromatic ring is 1. The van der Waals surface area contributed by atoms with Gasteiger partial charge in [-0.3, -0.25) is 13.9 Å². The first kappa shape index (κ1) is 28.1. The van der Waals surface area contributed by atoms with Crippen molar-refractivity contribution in [2.24, 2.45) is 0 Å². The molecule has 2 fully saturated rings. The Hall–Kier alpha value is -4.99. The minimum Gasteiger partial charge on any atom is -0.457 e. The van der Waals surface area contributed by atoms with Crippen LogP contribution < -0.4 is 21.5 Å². The predicted molar refractivity (Wildman–Crippen MR) is 160 cm³/mol. The van der Waals surface area contributed by atoms with Crippen LogP contribution in [0.3, 0.4) is 0 Å². The number of nitriles is 1. The number of likely N-dealkylation sites (tertiary alicyclic amines) is 1. The van der Waals surface area contributed by atoms with E-state index in [4.69, 9.17) is 15.2 Å². The molecule has 3 N–H and O–H groups in total. The van der Waals surface area contributed by atoms with Crippen LogP contribution in [-0.2, 0) is 16.1 Å². The van der Waals surface area contributed by atoms with Crippen LogP contribution in [0.5, 0.6) is 11.5 Å². The predicted octanol–water partition coefficient (Wildman–Crippen LogP) is 2.77. The summed E-state index contributed by atoms with van der Waals surface area (Å²) < 4.78 is 14.1. The zero-order valence-corrected chi connectivity index (χ0v) is 23.9. The lowest BCUT2D eigenvalue weighted by Gasteiger charge is -2.41. The van der Waals surface area contributed by atoms with Crippen LogP contribution in [0.15, 0.2) is 77.4 Å². The average Bonchev–Trinajstić information content (AvgIpc) is 3.24. The van der Waals surface area contributed by atoms with Gasteiger partial charge in [0.2, 0.25) is 0 Å². The van der Waals surface area contributed by atoms with E-state index in [0.29, 0.717) is 54.5 Å². The Morgan fingerprint density at radius 1 is 1.16 bits per heavy atom. The number of nitrogens with two attached hydrogens (primary N) is 1. The lowest BCUT2D eigenvalue weighted by molar-refractivity contribution is -0.134. The fourth-order valence-electron chi connectivity index (χ4n) is 5.45. The molecule has 12 nitrogen and oxygen atoms in total. The number of para-hydroxylation sites is 1. The van der Waals surface area contributed by atoms with Crippen molar-refractivity contribution in [1.29, 1.82) is 5.26 Å². The molecule has 4 aromatic rings. The highest BCUT2D eigenvalue weighted by Crippen LogP contribution is 2.27. The molecule has 1 atom stereocenters. The van der Waals surface area contributed by atoms with Gasteiger partial charge in [-0.05, 0) is 62.7 Å². The second-order valence-electron chi connectivity index (χ2n) is 11.3. The molecular formula is C31H32N8O4. The van der Waals surface area contributed by atoms with Crippen LogP contribution in [0, 0.1) is 11.3 Å². The molecule has 1 amide bonds. The number of carbonyl (C=O) groups is 1. The van der Waals surface area contributed by atoms with Gasteiger partial charge in [-0.2, -0.15) is 5.26 Å². The minimum absolute atomic E-state index is 0.0570. The van der Waals surface area contributed by atoms with Crippen LogP contribution in [-0.4, -0.2) is 67.3 Å². The maximum atomic E-state index is 13.9. The number of benzene rings is 2.